The fraction of sp³-hybridized carbons (Fsp3) is 0.538. The SMILES string of the molecule is Cc1ccc(C(N)COCC(F)(F)C(F)F)c(C)c1. The van der Waals surface area contributed by atoms with Crippen LogP contribution >= 0.6 is 0 Å². The van der Waals surface area contributed by atoms with Crippen molar-refractivity contribution < 1.29 is 22.3 Å². The Balaban J connectivity index is 2.54. The Morgan fingerprint density at radius 1 is 1.26 bits per heavy atom. The Labute approximate surface area is 109 Å². The van der Waals surface area contributed by atoms with Crippen molar-refractivity contribution in [3.05, 3.63) is 34.9 Å². The van der Waals surface area contributed by atoms with E-state index in [4.69, 9.17) is 5.73 Å². The lowest BCUT2D eigenvalue weighted by Crippen LogP contribution is -2.33. The second kappa shape index (κ2) is 6.34. The van der Waals surface area contributed by atoms with E-state index in [0.29, 0.717) is 0 Å². The molecule has 0 aliphatic rings. The molecule has 2 N–H and O–H groups in total. The first kappa shape index (κ1) is 15.9. The van der Waals surface area contributed by atoms with Gasteiger partial charge in [-0.25, -0.2) is 8.78 Å². The lowest BCUT2D eigenvalue weighted by molar-refractivity contribution is -0.166. The average molecular weight is 279 g/mol. The van der Waals surface area contributed by atoms with Crippen molar-refractivity contribution in [1.82, 2.24) is 0 Å². The Bertz CT molecular complexity index is 423. The van der Waals surface area contributed by atoms with Crippen LogP contribution in [0.5, 0.6) is 0 Å². The van der Waals surface area contributed by atoms with Gasteiger partial charge in [0.15, 0.2) is 0 Å². The summed E-state index contributed by atoms with van der Waals surface area (Å²) in [7, 11) is 0. The summed E-state index contributed by atoms with van der Waals surface area (Å²) in [4.78, 5) is 0. The second-order valence-corrected chi connectivity index (χ2v) is 4.54. The third kappa shape index (κ3) is 4.47. The molecule has 2 nitrogen and oxygen atoms in total. The molecule has 1 unspecified atom stereocenters. The number of hydrogen-bond acceptors (Lipinski definition) is 2. The third-order valence-corrected chi connectivity index (χ3v) is 2.74. The van der Waals surface area contributed by atoms with Gasteiger partial charge in [-0.3, -0.25) is 0 Å². The standard InChI is InChI=1S/C13H17F4NO/c1-8-3-4-10(9(2)5-8)11(18)6-19-7-13(16,17)12(14)15/h3-5,11-12H,6-7,18H2,1-2H3. The van der Waals surface area contributed by atoms with E-state index in [1.54, 1.807) is 6.07 Å². The van der Waals surface area contributed by atoms with Crippen LogP contribution in [0.1, 0.15) is 22.7 Å². The minimum Gasteiger partial charge on any atom is -0.373 e. The van der Waals surface area contributed by atoms with Crippen LogP contribution in [-0.2, 0) is 4.74 Å². The molecular formula is C13H17F4NO. The summed E-state index contributed by atoms with van der Waals surface area (Å²) in [6, 6.07) is 4.91. The number of ether oxygens (including phenoxy) is 1. The molecule has 108 valence electrons. The molecule has 0 bridgehead atoms. The summed E-state index contributed by atoms with van der Waals surface area (Å²) in [5, 5.41) is 0. The van der Waals surface area contributed by atoms with Gasteiger partial charge in [-0.15, -0.1) is 0 Å². The zero-order valence-corrected chi connectivity index (χ0v) is 10.8. The normalized spacial score (nSPS) is 13.9. The topological polar surface area (TPSA) is 35.2 Å². The minimum absolute atomic E-state index is 0.230. The average Bonchev–Trinajstić information content (AvgIpc) is 2.28. The number of halogens is 4. The predicted octanol–water partition coefficient (Wildman–Crippen LogP) is 3.22. The van der Waals surface area contributed by atoms with Gasteiger partial charge in [0.1, 0.15) is 6.61 Å². The highest BCUT2D eigenvalue weighted by Gasteiger charge is 2.41. The van der Waals surface area contributed by atoms with E-state index in [-0.39, 0.29) is 6.61 Å². The van der Waals surface area contributed by atoms with Gasteiger partial charge < -0.3 is 10.5 Å². The molecule has 0 radical (unpaired) electrons. The van der Waals surface area contributed by atoms with E-state index < -0.39 is 25.0 Å². The monoisotopic (exact) mass is 279 g/mol. The predicted molar refractivity (Wildman–Crippen MR) is 64.6 cm³/mol. The maximum Gasteiger partial charge on any atom is 0.330 e. The first-order valence-corrected chi connectivity index (χ1v) is 5.80. The summed E-state index contributed by atoms with van der Waals surface area (Å²) >= 11 is 0. The quantitative estimate of drug-likeness (QED) is 0.811. The van der Waals surface area contributed by atoms with Gasteiger partial charge in [-0.05, 0) is 25.0 Å². The molecule has 0 aliphatic carbocycles. The molecule has 0 amide bonds. The van der Waals surface area contributed by atoms with Crippen LogP contribution in [0.4, 0.5) is 17.6 Å². The van der Waals surface area contributed by atoms with Gasteiger partial charge in [0.25, 0.3) is 0 Å². The summed E-state index contributed by atoms with van der Waals surface area (Å²) in [5.41, 5.74) is 8.52. The zero-order valence-electron chi connectivity index (χ0n) is 10.8. The van der Waals surface area contributed by atoms with Crippen molar-refractivity contribution in [2.75, 3.05) is 13.2 Å². The van der Waals surface area contributed by atoms with E-state index in [1.807, 2.05) is 26.0 Å². The highest BCUT2D eigenvalue weighted by molar-refractivity contribution is 5.32. The maximum absolute atomic E-state index is 12.6. The lowest BCUT2D eigenvalue weighted by Gasteiger charge is -2.19. The first-order chi connectivity index (χ1) is 8.74. The van der Waals surface area contributed by atoms with Crippen molar-refractivity contribution in [3.8, 4) is 0 Å². The van der Waals surface area contributed by atoms with Gasteiger partial charge in [0.2, 0.25) is 0 Å². The number of alkyl halides is 4. The van der Waals surface area contributed by atoms with E-state index in [2.05, 4.69) is 4.74 Å². The Hall–Kier alpha value is -1.14. The molecule has 1 aromatic rings. The fourth-order valence-corrected chi connectivity index (χ4v) is 1.72. The van der Waals surface area contributed by atoms with Crippen LogP contribution in [-0.4, -0.2) is 25.6 Å². The maximum atomic E-state index is 12.6. The van der Waals surface area contributed by atoms with Gasteiger partial charge in [0, 0.05) is 0 Å². The van der Waals surface area contributed by atoms with Crippen LogP contribution in [0, 0.1) is 13.8 Å². The van der Waals surface area contributed by atoms with Gasteiger partial charge >= 0.3 is 12.3 Å². The molecule has 0 aliphatic heterocycles. The molecule has 0 heterocycles. The molecule has 1 aromatic carbocycles. The summed E-state index contributed by atoms with van der Waals surface area (Å²) < 4.78 is 53.7. The Morgan fingerprint density at radius 3 is 2.42 bits per heavy atom. The molecule has 1 atom stereocenters. The van der Waals surface area contributed by atoms with Crippen molar-refractivity contribution in [2.45, 2.75) is 32.2 Å². The van der Waals surface area contributed by atoms with Crippen LogP contribution in [0.15, 0.2) is 18.2 Å². The van der Waals surface area contributed by atoms with E-state index in [1.165, 1.54) is 0 Å². The Kier molecular flexibility index (Phi) is 5.31. The number of benzene rings is 1. The van der Waals surface area contributed by atoms with Gasteiger partial charge in [0.05, 0.1) is 12.6 Å². The number of rotatable bonds is 6. The molecule has 0 saturated carbocycles. The molecule has 1 rings (SSSR count). The van der Waals surface area contributed by atoms with E-state index >= 15 is 0 Å². The summed E-state index contributed by atoms with van der Waals surface area (Å²) in [5.74, 6) is -4.14. The van der Waals surface area contributed by atoms with Crippen molar-refractivity contribution >= 4 is 0 Å². The number of aryl methyl sites for hydroxylation is 2. The highest BCUT2D eigenvalue weighted by Crippen LogP contribution is 2.24. The fourth-order valence-electron chi connectivity index (χ4n) is 1.72. The second-order valence-electron chi connectivity index (χ2n) is 4.54. The van der Waals surface area contributed by atoms with Crippen molar-refractivity contribution in [2.24, 2.45) is 5.73 Å². The van der Waals surface area contributed by atoms with Crippen LogP contribution in [0.2, 0.25) is 0 Å². The third-order valence-electron chi connectivity index (χ3n) is 2.74. The van der Waals surface area contributed by atoms with Gasteiger partial charge in [-0.1, -0.05) is 23.8 Å². The molecule has 0 spiro atoms. The largest absolute Gasteiger partial charge is 0.373 e. The lowest BCUT2D eigenvalue weighted by atomic mass is 10.0. The number of hydrogen-bond donors (Lipinski definition) is 1. The minimum atomic E-state index is -4.14. The molecule has 6 heteroatoms. The van der Waals surface area contributed by atoms with Crippen molar-refractivity contribution in [1.29, 1.82) is 0 Å². The van der Waals surface area contributed by atoms with Crippen LogP contribution in [0.3, 0.4) is 0 Å². The summed E-state index contributed by atoms with van der Waals surface area (Å²) in [6.45, 7) is 2.20. The summed E-state index contributed by atoms with van der Waals surface area (Å²) in [6.07, 6.45) is -3.73. The van der Waals surface area contributed by atoms with Crippen LogP contribution < -0.4 is 5.73 Å². The van der Waals surface area contributed by atoms with Gasteiger partial charge in [-0.2, -0.15) is 8.78 Å². The molecule has 0 saturated heterocycles. The molecule has 19 heavy (non-hydrogen) atoms. The van der Waals surface area contributed by atoms with E-state index in [0.717, 1.165) is 16.7 Å². The molecular weight excluding hydrogens is 262 g/mol. The smallest absolute Gasteiger partial charge is 0.330 e. The highest BCUT2D eigenvalue weighted by atomic mass is 19.3. The zero-order chi connectivity index (χ0) is 14.6. The molecule has 0 fully saturated rings. The Morgan fingerprint density at radius 2 is 1.89 bits per heavy atom. The first-order valence-electron chi connectivity index (χ1n) is 5.80. The van der Waals surface area contributed by atoms with Crippen molar-refractivity contribution in [3.63, 3.8) is 0 Å². The van der Waals surface area contributed by atoms with Crippen LogP contribution in [0.25, 0.3) is 0 Å². The number of nitrogens with two attached hydrogens (primary N) is 1. The van der Waals surface area contributed by atoms with E-state index in [9.17, 15) is 17.6 Å². The molecule has 0 aromatic heterocycles.